The van der Waals surface area contributed by atoms with Gasteiger partial charge in [-0.05, 0) is 36.6 Å². The molecule has 0 fully saturated rings. The fourth-order valence-electron chi connectivity index (χ4n) is 1.62. The molecule has 1 aromatic rings. The highest BCUT2D eigenvalue weighted by Crippen LogP contribution is 2.15. The zero-order valence-electron chi connectivity index (χ0n) is 10.2. The van der Waals surface area contributed by atoms with Gasteiger partial charge in [0, 0.05) is 17.6 Å². The molecule has 0 heterocycles. The quantitative estimate of drug-likeness (QED) is 0.849. The molecule has 1 unspecified atom stereocenters. The maximum atomic E-state index is 10.8. The number of benzene rings is 1. The van der Waals surface area contributed by atoms with Crippen LogP contribution in [-0.2, 0) is 11.3 Å². The van der Waals surface area contributed by atoms with Gasteiger partial charge in [-0.25, -0.2) is 0 Å². The van der Waals surface area contributed by atoms with E-state index in [1.165, 1.54) is 11.1 Å². The Morgan fingerprint density at radius 2 is 2.24 bits per heavy atom. The molecular formula is C13H18BrNO2. The molecule has 1 rings (SSSR count). The van der Waals surface area contributed by atoms with E-state index < -0.39 is 5.97 Å². The van der Waals surface area contributed by atoms with Crippen LogP contribution in [0, 0.1) is 12.8 Å². The minimum absolute atomic E-state index is 0.303. The van der Waals surface area contributed by atoms with E-state index in [0.717, 1.165) is 4.47 Å². The van der Waals surface area contributed by atoms with Gasteiger partial charge in [-0.1, -0.05) is 28.9 Å². The molecule has 0 aliphatic rings. The Bertz CT molecular complexity index is 393. The summed E-state index contributed by atoms with van der Waals surface area (Å²) in [4.78, 5) is 10.8. The zero-order valence-corrected chi connectivity index (χ0v) is 11.8. The van der Waals surface area contributed by atoms with Gasteiger partial charge >= 0.3 is 5.97 Å². The Hall–Kier alpha value is -0.870. The van der Waals surface area contributed by atoms with Gasteiger partial charge in [0.2, 0.25) is 0 Å². The normalized spacial score (nSPS) is 12.4. The fourth-order valence-corrected chi connectivity index (χ4v) is 2.03. The predicted octanol–water partition coefficient (Wildman–Crippen LogP) is 2.96. The Kier molecular flexibility index (Phi) is 5.65. The molecular weight excluding hydrogens is 282 g/mol. The number of carboxylic acid groups (broad SMARTS) is 1. The Morgan fingerprint density at radius 3 is 2.82 bits per heavy atom. The number of hydrogen-bond donors (Lipinski definition) is 2. The van der Waals surface area contributed by atoms with Crippen molar-refractivity contribution in [2.75, 3.05) is 6.54 Å². The molecule has 4 heteroatoms. The Labute approximate surface area is 110 Å². The van der Waals surface area contributed by atoms with Crippen LogP contribution in [0.25, 0.3) is 0 Å². The first-order valence-electron chi connectivity index (χ1n) is 5.73. The van der Waals surface area contributed by atoms with Crippen LogP contribution in [0.15, 0.2) is 22.7 Å². The molecule has 0 aliphatic carbocycles. The molecule has 0 saturated carbocycles. The number of nitrogens with one attached hydrogen (secondary N) is 1. The van der Waals surface area contributed by atoms with E-state index in [1.807, 2.05) is 13.0 Å². The summed E-state index contributed by atoms with van der Waals surface area (Å²) in [6.07, 6.45) is 0.653. The highest BCUT2D eigenvalue weighted by Gasteiger charge is 2.13. The standard InChI is InChI=1S/C13H18BrNO2/c1-3-10(13(16)17)7-15-8-11-6-12(14)5-4-9(11)2/h4-6,10,15H,3,7-8H2,1-2H3,(H,16,17). The van der Waals surface area contributed by atoms with Crippen molar-refractivity contribution >= 4 is 21.9 Å². The van der Waals surface area contributed by atoms with E-state index in [2.05, 4.69) is 40.3 Å². The molecule has 0 saturated heterocycles. The molecule has 0 spiro atoms. The van der Waals surface area contributed by atoms with Gasteiger partial charge in [-0.15, -0.1) is 0 Å². The number of carboxylic acids is 1. The summed E-state index contributed by atoms with van der Waals surface area (Å²) in [5.74, 6) is -1.03. The summed E-state index contributed by atoms with van der Waals surface area (Å²) in [7, 11) is 0. The lowest BCUT2D eigenvalue weighted by Crippen LogP contribution is -2.27. The molecule has 0 radical (unpaired) electrons. The Balaban J connectivity index is 2.50. The fraction of sp³-hybridized carbons (Fsp3) is 0.462. The van der Waals surface area contributed by atoms with E-state index in [1.54, 1.807) is 0 Å². The molecule has 94 valence electrons. The van der Waals surface area contributed by atoms with Crippen molar-refractivity contribution in [1.29, 1.82) is 0 Å². The van der Waals surface area contributed by atoms with Crippen LogP contribution in [0.5, 0.6) is 0 Å². The van der Waals surface area contributed by atoms with Crippen molar-refractivity contribution < 1.29 is 9.90 Å². The third kappa shape index (κ3) is 4.48. The minimum atomic E-state index is -0.731. The summed E-state index contributed by atoms with van der Waals surface area (Å²) in [6, 6.07) is 6.12. The third-order valence-corrected chi connectivity index (χ3v) is 3.35. The summed E-state index contributed by atoms with van der Waals surface area (Å²) in [6.45, 7) is 5.16. The van der Waals surface area contributed by atoms with Crippen molar-refractivity contribution in [2.24, 2.45) is 5.92 Å². The molecule has 0 aliphatic heterocycles. The van der Waals surface area contributed by atoms with Crippen molar-refractivity contribution in [3.63, 3.8) is 0 Å². The monoisotopic (exact) mass is 299 g/mol. The largest absolute Gasteiger partial charge is 0.481 e. The molecule has 1 atom stereocenters. The molecule has 17 heavy (non-hydrogen) atoms. The smallest absolute Gasteiger partial charge is 0.307 e. The number of hydrogen-bond acceptors (Lipinski definition) is 2. The van der Waals surface area contributed by atoms with Gasteiger partial charge in [-0.3, -0.25) is 4.79 Å². The van der Waals surface area contributed by atoms with E-state index in [9.17, 15) is 4.79 Å². The van der Waals surface area contributed by atoms with E-state index >= 15 is 0 Å². The van der Waals surface area contributed by atoms with Crippen LogP contribution in [0.3, 0.4) is 0 Å². The summed E-state index contributed by atoms with van der Waals surface area (Å²) >= 11 is 3.43. The second kappa shape index (κ2) is 6.77. The first kappa shape index (κ1) is 14.2. The lowest BCUT2D eigenvalue weighted by atomic mass is 10.1. The van der Waals surface area contributed by atoms with Crippen molar-refractivity contribution in [1.82, 2.24) is 5.32 Å². The number of rotatable bonds is 6. The summed E-state index contributed by atoms with van der Waals surface area (Å²) in [5, 5.41) is 12.1. The Morgan fingerprint density at radius 1 is 1.53 bits per heavy atom. The van der Waals surface area contributed by atoms with Crippen LogP contribution in [-0.4, -0.2) is 17.6 Å². The van der Waals surface area contributed by atoms with Crippen LogP contribution in [0.4, 0.5) is 0 Å². The van der Waals surface area contributed by atoms with Crippen molar-refractivity contribution in [3.05, 3.63) is 33.8 Å². The van der Waals surface area contributed by atoms with Gasteiger partial charge in [0.25, 0.3) is 0 Å². The highest BCUT2D eigenvalue weighted by atomic mass is 79.9. The van der Waals surface area contributed by atoms with Crippen molar-refractivity contribution in [2.45, 2.75) is 26.8 Å². The molecule has 1 aromatic carbocycles. The first-order chi connectivity index (χ1) is 8.04. The van der Waals surface area contributed by atoms with Gasteiger partial charge in [0.05, 0.1) is 5.92 Å². The minimum Gasteiger partial charge on any atom is -0.481 e. The van der Waals surface area contributed by atoms with E-state index in [-0.39, 0.29) is 5.92 Å². The van der Waals surface area contributed by atoms with Crippen molar-refractivity contribution in [3.8, 4) is 0 Å². The number of aryl methyl sites for hydroxylation is 1. The van der Waals surface area contributed by atoms with Gasteiger partial charge in [-0.2, -0.15) is 0 Å². The second-order valence-corrected chi connectivity index (χ2v) is 5.06. The maximum Gasteiger partial charge on any atom is 0.307 e. The molecule has 0 aromatic heterocycles. The molecule has 0 amide bonds. The second-order valence-electron chi connectivity index (χ2n) is 4.15. The van der Waals surface area contributed by atoms with Gasteiger partial charge in [0.1, 0.15) is 0 Å². The van der Waals surface area contributed by atoms with Crippen LogP contribution in [0.2, 0.25) is 0 Å². The van der Waals surface area contributed by atoms with Crippen LogP contribution < -0.4 is 5.32 Å². The molecule has 0 bridgehead atoms. The molecule has 3 nitrogen and oxygen atoms in total. The highest BCUT2D eigenvalue weighted by molar-refractivity contribution is 9.10. The average Bonchev–Trinajstić information content (AvgIpc) is 2.28. The lowest BCUT2D eigenvalue weighted by molar-refractivity contribution is -0.141. The van der Waals surface area contributed by atoms with Gasteiger partial charge in [0.15, 0.2) is 0 Å². The van der Waals surface area contributed by atoms with Gasteiger partial charge < -0.3 is 10.4 Å². The number of halogens is 1. The SMILES string of the molecule is CCC(CNCc1cc(Br)ccc1C)C(=O)O. The predicted molar refractivity (Wildman–Crippen MR) is 72.0 cm³/mol. The lowest BCUT2D eigenvalue weighted by Gasteiger charge is -2.12. The number of aliphatic carboxylic acids is 1. The topological polar surface area (TPSA) is 49.3 Å². The zero-order chi connectivity index (χ0) is 12.8. The van der Waals surface area contributed by atoms with Crippen LogP contribution >= 0.6 is 15.9 Å². The van der Waals surface area contributed by atoms with Crippen LogP contribution in [0.1, 0.15) is 24.5 Å². The average molecular weight is 300 g/mol. The third-order valence-electron chi connectivity index (χ3n) is 2.86. The maximum absolute atomic E-state index is 10.8. The van der Waals surface area contributed by atoms with E-state index in [4.69, 9.17) is 5.11 Å². The van der Waals surface area contributed by atoms with E-state index in [0.29, 0.717) is 19.5 Å². The molecule has 2 N–H and O–H groups in total. The summed E-state index contributed by atoms with van der Waals surface area (Å²) in [5.41, 5.74) is 2.41. The summed E-state index contributed by atoms with van der Waals surface area (Å²) < 4.78 is 1.05. The number of carbonyl (C=O) groups is 1. The first-order valence-corrected chi connectivity index (χ1v) is 6.52.